The van der Waals surface area contributed by atoms with Gasteiger partial charge in [0.25, 0.3) is 0 Å². The third kappa shape index (κ3) is 3.45. The van der Waals surface area contributed by atoms with E-state index in [0.717, 1.165) is 32.1 Å². The number of unbranched alkanes of at least 4 members (excludes halogenated alkanes) is 2. The molecule has 1 atom stereocenters. The lowest BCUT2D eigenvalue weighted by molar-refractivity contribution is 0.897. The minimum Gasteiger partial charge on any atom is -0.127 e. The molecule has 0 nitrogen and oxygen atoms in total. The van der Waals surface area contributed by atoms with Crippen LogP contribution in [-0.2, 0) is 0 Å². The van der Waals surface area contributed by atoms with Gasteiger partial charge in [-0.3, -0.25) is 0 Å². The molecule has 0 spiro atoms. The molecule has 0 N–H and O–H groups in total. The second kappa shape index (κ2) is 8.31. The molecule has 148 valence electrons. The van der Waals surface area contributed by atoms with E-state index in [9.17, 15) is 0 Å². The van der Waals surface area contributed by atoms with Crippen LogP contribution in [0.1, 0.15) is 72.1 Å². The molecule has 3 aromatic rings. The molecule has 0 saturated carbocycles. The van der Waals surface area contributed by atoms with Crippen molar-refractivity contribution < 1.29 is 0 Å². The number of hydrogen-bond acceptors (Lipinski definition) is 2. The van der Waals surface area contributed by atoms with Gasteiger partial charge in [-0.2, -0.15) is 0 Å². The fourth-order valence-corrected chi connectivity index (χ4v) is 6.27. The van der Waals surface area contributed by atoms with Gasteiger partial charge in [0, 0.05) is 33.7 Å². The van der Waals surface area contributed by atoms with Crippen LogP contribution in [0, 0.1) is 23.7 Å². The highest BCUT2D eigenvalue weighted by Crippen LogP contribution is 2.41. The molecular weight excluding hydrogens is 400 g/mol. The molecule has 1 unspecified atom stereocenters. The summed E-state index contributed by atoms with van der Waals surface area (Å²) in [4.78, 5) is 3.77. The molecule has 0 amide bonds. The van der Waals surface area contributed by atoms with Crippen LogP contribution in [0.5, 0.6) is 0 Å². The summed E-state index contributed by atoms with van der Waals surface area (Å²) in [6.07, 6.45) is 12.3. The summed E-state index contributed by atoms with van der Waals surface area (Å²) in [5.74, 6) is 13.8. The van der Waals surface area contributed by atoms with E-state index in [1.54, 1.807) is 0 Å². The first kappa shape index (κ1) is 19.4. The highest BCUT2D eigenvalue weighted by molar-refractivity contribution is 7.19. The van der Waals surface area contributed by atoms with Gasteiger partial charge in [-0.05, 0) is 65.1 Å². The van der Waals surface area contributed by atoms with Gasteiger partial charge in [-0.1, -0.05) is 55.7 Å². The highest BCUT2D eigenvalue weighted by atomic mass is 32.1. The molecule has 0 saturated heterocycles. The van der Waals surface area contributed by atoms with Crippen LogP contribution in [0.15, 0.2) is 30.3 Å². The van der Waals surface area contributed by atoms with E-state index >= 15 is 0 Å². The summed E-state index contributed by atoms with van der Waals surface area (Å²) >= 11 is 3.65. The van der Waals surface area contributed by atoms with Crippen LogP contribution in [0.3, 0.4) is 0 Å². The molecule has 0 fully saturated rings. The maximum Gasteiger partial charge on any atom is 0.0781 e. The number of hydrogen-bond donors (Lipinski definition) is 0. The molecule has 2 heterocycles. The number of benzene rings is 1. The number of fused-ring (bicyclic) bond motifs is 6. The molecule has 2 aliphatic rings. The van der Waals surface area contributed by atoms with Crippen molar-refractivity contribution in [3.05, 3.63) is 61.0 Å². The van der Waals surface area contributed by atoms with Gasteiger partial charge in [-0.25, -0.2) is 0 Å². The van der Waals surface area contributed by atoms with Gasteiger partial charge < -0.3 is 0 Å². The number of allylic oxidation sites excluding steroid dienone is 1. The predicted molar refractivity (Wildman–Crippen MR) is 133 cm³/mol. The Hall–Kier alpha value is -2.52. The topological polar surface area (TPSA) is 0 Å². The summed E-state index contributed by atoms with van der Waals surface area (Å²) in [5, 5.41) is 4.14. The van der Waals surface area contributed by atoms with Crippen molar-refractivity contribution in [1.29, 1.82) is 0 Å². The van der Waals surface area contributed by atoms with Crippen molar-refractivity contribution in [3.8, 4) is 23.7 Å². The molecule has 2 heteroatoms. The summed E-state index contributed by atoms with van der Waals surface area (Å²) < 4.78 is 1.34. The molecule has 0 radical (unpaired) electrons. The monoisotopic (exact) mass is 424 g/mol. The average molecular weight is 425 g/mol. The first-order chi connectivity index (χ1) is 14.8. The standard InChI is InChI=1S/C28H24S2/c1-3-5-7-9-19-17-25-23-11-12-24-22(21(23)13-15-27(25)29-19)14-16-28-26(24)18-20(30-28)10-8-6-4-2/h11,13-18,24H,3-6,12H2,1-2H3. The van der Waals surface area contributed by atoms with Gasteiger partial charge in [-0.15, -0.1) is 22.7 Å². The summed E-state index contributed by atoms with van der Waals surface area (Å²) in [6.45, 7) is 4.36. The fourth-order valence-electron chi connectivity index (χ4n) is 4.32. The number of thiophene rings is 2. The zero-order chi connectivity index (χ0) is 20.5. The van der Waals surface area contributed by atoms with Gasteiger partial charge in [0.1, 0.15) is 0 Å². The lowest BCUT2D eigenvalue weighted by Gasteiger charge is -2.24. The molecule has 1 aromatic carbocycles. The Morgan fingerprint density at radius 3 is 2.47 bits per heavy atom. The Labute approximate surface area is 186 Å². The van der Waals surface area contributed by atoms with Crippen LogP contribution >= 0.6 is 22.7 Å². The fraction of sp³-hybridized carbons (Fsp3) is 0.286. The summed E-state index contributed by atoms with van der Waals surface area (Å²) in [6, 6.07) is 9.23. The molecule has 2 aliphatic carbocycles. The largest absolute Gasteiger partial charge is 0.127 e. The summed E-state index contributed by atoms with van der Waals surface area (Å²) in [7, 11) is 0. The van der Waals surface area contributed by atoms with E-state index in [1.165, 1.54) is 46.3 Å². The van der Waals surface area contributed by atoms with Crippen molar-refractivity contribution >= 4 is 50.5 Å². The van der Waals surface area contributed by atoms with E-state index < -0.39 is 0 Å². The lowest BCUT2D eigenvalue weighted by Crippen LogP contribution is -2.32. The molecule has 2 aromatic heterocycles. The van der Waals surface area contributed by atoms with Crippen LogP contribution in [0.4, 0.5) is 0 Å². The van der Waals surface area contributed by atoms with Crippen molar-refractivity contribution in [2.45, 2.75) is 51.9 Å². The van der Waals surface area contributed by atoms with Crippen LogP contribution in [0.2, 0.25) is 0 Å². The minimum atomic E-state index is 0.454. The van der Waals surface area contributed by atoms with Crippen molar-refractivity contribution in [3.63, 3.8) is 0 Å². The Bertz CT molecular complexity index is 1400. The second-order valence-electron chi connectivity index (χ2n) is 7.86. The van der Waals surface area contributed by atoms with E-state index in [1.807, 2.05) is 22.7 Å². The van der Waals surface area contributed by atoms with Crippen LogP contribution < -0.4 is 10.4 Å². The second-order valence-corrected chi connectivity index (χ2v) is 10.0. The lowest BCUT2D eigenvalue weighted by atomic mass is 9.80. The molecule has 5 rings (SSSR count). The SMILES string of the molecule is CCCC#Cc1cc2c(s1)C=CC1=c3ccc4sc(C#CCCC)cc4c3=CCC12. The Morgan fingerprint density at radius 1 is 0.933 bits per heavy atom. The first-order valence-electron chi connectivity index (χ1n) is 10.8. The Morgan fingerprint density at radius 2 is 1.70 bits per heavy atom. The quantitative estimate of drug-likeness (QED) is 0.417. The first-order valence-corrected chi connectivity index (χ1v) is 12.5. The van der Waals surface area contributed by atoms with Crippen LogP contribution in [0.25, 0.3) is 27.8 Å². The highest BCUT2D eigenvalue weighted by Gasteiger charge is 2.25. The molecule has 0 bridgehead atoms. The zero-order valence-corrected chi connectivity index (χ0v) is 19.1. The van der Waals surface area contributed by atoms with Gasteiger partial charge in [0.05, 0.1) is 9.75 Å². The zero-order valence-electron chi connectivity index (χ0n) is 17.5. The van der Waals surface area contributed by atoms with Crippen LogP contribution in [-0.4, -0.2) is 0 Å². The van der Waals surface area contributed by atoms with Gasteiger partial charge in [0.15, 0.2) is 0 Å². The van der Waals surface area contributed by atoms with E-state index in [2.05, 4.69) is 80.0 Å². The van der Waals surface area contributed by atoms with Gasteiger partial charge >= 0.3 is 0 Å². The molecule has 0 aliphatic heterocycles. The Balaban J connectivity index is 1.59. The predicted octanol–water partition coefficient (Wildman–Crippen LogP) is 6.41. The summed E-state index contributed by atoms with van der Waals surface area (Å²) in [5.41, 5.74) is 2.91. The van der Waals surface area contributed by atoms with Crippen molar-refractivity contribution in [1.82, 2.24) is 0 Å². The maximum atomic E-state index is 3.37. The smallest absolute Gasteiger partial charge is 0.0781 e. The Kier molecular flexibility index (Phi) is 5.39. The average Bonchev–Trinajstić information content (AvgIpc) is 3.37. The van der Waals surface area contributed by atoms with E-state index in [0.29, 0.717) is 5.92 Å². The molecule has 30 heavy (non-hydrogen) atoms. The van der Waals surface area contributed by atoms with E-state index in [-0.39, 0.29) is 0 Å². The van der Waals surface area contributed by atoms with Crippen molar-refractivity contribution in [2.24, 2.45) is 0 Å². The molecular formula is C28H24S2. The minimum absolute atomic E-state index is 0.454. The number of rotatable bonds is 2. The maximum absolute atomic E-state index is 3.37. The third-order valence-corrected chi connectivity index (χ3v) is 7.79. The van der Waals surface area contributed by atoms with Crippen molar-refractivity contribution in [2.75, 3.05) is 0 Å². The van der Waals surface area contributed by atoms with E-state index in [4.69, 9.17) is 0 Å². The normalized spacial score (nSPS) is 15.9. The van der Waals surface area contributed by atoms with Gasteiger partial charge in [0.2, 0.25) is 0 Å². The third-order valence-electron chi connectivity index (χ3n) is 5.74.